The number of hydrogen-bond acceptors (Lipinski definition) is 6. The maximum absolute atomic E-state index is 11.7. The number of carbonyl (C=O) groups excluding carboxylic acids is 1. The van der Waals surface area contributed by atoms with Crippen molar-refractivity contribution in [2.24, 2.45) is 0 Å². The highest BCUT2D eigenvalue weighted by Crippen LogP contribution is 2.24. The molecular formula is C13H17N5O2S. The first-order chi connectivity index (χ1) is 10.3. The summed E-state index contributed by atoms with van der Waals surface area (Å²) < 4.78 is 4.89. The molecule has 112 valence electrons. The van der Waals surface area contributed by atoms with Crippen LogP contribution >= 0.6 is 11.8 Å². The van der Waals surface area contributed by atoms with Crippen LogP contribution in [0.5, 0.6) is 0 Å². The molecule has 1 heterocycles. The van der Waals surface area contributed by atoms with E-state index >= 15 is 0 Å². The number of nitrogens with zero attached hydrogens (tertiary/aromatic N) is 2. The summed E-state index contributed by atoms with van der Waals surface area (Å²) in [7, 11) is 1.63. The maximum Gasteiger partial charge on any atom is 0.238 e. The zero-order chi connectivity index (χ0) is 14.9. The highest BCUT2D eigenvalue weighted by atomic mass is 32.2. The third-order valence-corrected chi connectivity index (χ3v) is 3.41. The Morgan fingerprint density at radius 1 is 1.38 bits per heavy atom. The van der Waals surface area contributed by atoms with Crippen molar-refractivity contribution in [2.45, 2.75) is 10.1 Å². The van der Waals surface area contributed by atoms with Gasteiger partial charge in [-0.25, -0.2) is 4.98 Å². The summed E-state index contributed by atoms with van der Waals surface area (Å²) in [4.78, 5) is 16.7. The Kier molecular flexibility index (Phi) is 6.20. The first-order valence-corrected chi connectivity index (χ1v) is 7.22. The van der Waals surface area contributed by atoms with Gasteiger partial charge in [-0.3, -0.25) is 9.89 Å². The van der Waals surface area contributed by atoms with Gasteiger partial charge in [0.15, 0.2) is 5.16 Å². The van der Waals surface area contributed by atoms with Crippen LogP contribution in [0.4, 0.5) is 5.69 Å². The van der Waals surface area contributed by atoms with Crippen LogP contribution in [0.1, 0.15) is 0 Å². The minimum atomic E-state index is -0.0817. The van der Waals surface area contributed by atoms with Crippen molar-refractivity contribution in [3.8, 4) is 0 Å². The first-order valence-electron chi connectivity index (χ1n) is 6.40. The molecule has 0 atom stereocenters. The van der Waals surface area contributed by atoms with Crippen LogP contribution in [0.3, 0.4) is 0 Å². The molecule has 8 heteroatoms. The number of H-pyrrole nitrogens is 1. The van der Waals surface area contributed by atoms with Gasteiger partial charge in [-0.15, -0.1) is 0 Å². The van der Waals surface area contributed by atoms with Crippen molar-refractivity contribution in [3.05, 3.63) is 30.6 Å². The lowest BCUT2D eigenvalue weighted by molar-refractivity contribution is -0.115. The minimum absolute atomic E-state index is 0.0817. The predicted octanol–water partition coefficient (Wildman–Crippen LogP) is 1.13. The van der Waals surface area contributed by atoms with Gasteiger partial charge in [-0.1, -0.05) is 11.8 Å². The minimum Gasteiger partial charge on any atom is -0.383 e. The second-order valence-electron chi connectivity index (χ2n) is 4.13. The molecule has 0 spiro atoms. The van der Waals surface area contributed by atoms with Crippen LogP contribution in [0.15, 0.2) is 40.6 Å². The summed E-state index contributed by atoms with van der Waals surface area (Å²) in [6, 6.07) is 7.54. The van der Waals surface area contributed by atoms with Crippen LogP contribution in [-0.2, 0) is 9.53 Å². The van der Waals surface area contributed by atoms with Crippen LogP contribution in [0, 0.1) is 0 Å². The lowest BCUT2D eigenvalue weighted by Crippen LogP contribution is -2.30. The van der Waals surface area contributed by atoms with E-state index in [2.05, 4.69) is 25.8 Å². The molecule has 1 aromatic carbocycles. The van der Waals surface area contributed by atoms with E-state index in [1.165, 1.54) is 18.1 Å². The normalized spacial score (nSPS) is 10.5. The molecule has 1 aromatic heterocycles. The van der Waals surface area contributed by atoms with E-state index < -0.39 is 0 Å². The number of amides is 1. The molecule has 21 heavy (non-hydrogen) atoms. The van der Waals surface area contributed by atoms with E-state index in [4.69, 9.17) is 4.74 Å². The number of aromatic amines is 1. The van der Waals surface area contributed by atoms with E-state index in [9.17, 15) is 4.79 Å². The van der Waals surface area contributed by atoms with Crippen molar-refractivity contribution < 1.29 is 9.53 Å². The topological polar surface area (TPSA) is 91.9 Å². The third-order valence-electron chi connectivity index (χ3n) is 2.51. The van der Waals surface area contributed by atoms with Crippen molar-refractivity contribution in [1.29, 1.82) is 0 Å². The summed E-state index contributed by atoms with van der Waals surface area (Å²) in [6.07, 6.45) is 1.47. The van der Waals surface area contributed by atoms with E-state index in [0.717, 1.165) is 15.7 Å². The molecular weight excluding hydrogens is 290 g/mol. The second-order valence-corrected chi connectivity index (χ2v) is 5.20. The number of anilines is 1. The van der Waals surface area contributed by atoms with Crippen molar-refractivity contribution >= 4 is 23.4 Å². The quantitative estimate of drug-likeness (QED) is 0.633. The Morgan fingerprint density at radius 2 is 2.19 bits per heavy atom. The number of ether oxygens (including phenoxy) is 1. The molecule has 7 nitrogen and oxygen atoms in total. The van der Waals surface area contributed by atoms with Crippen LogP contribution < -0.4 is 10.6 Å². The number of methoxy groups -OCH3 is 1. The van der Waals surface area contributed by atoms with E-state index in [1.807, 2.05) is 24.3 Å². The van der Waals surface area contributed by atoms with Gasteiger partial charge in [0.2, 0.25) is 5.91 Å². The van der Waals surface area contributed by atoms with Gasteiger partial charge in [0.25, 0.3) is 0 Å². The highest BCUT2D eigenvalue weighted by Gasteiger charge is 2.03. The molecule has 0 aliphatic rings. The summed E-state index contributed by atoms with van der Waals surface area (Å²) in [5, 5.41) is 13.1. The van der Waals surface area contributed by atoms with E-state index in [1.54, 1.807) is 7.11 Å². The Labute approximate surface area is 126 Å². The molecule has 3 N–H and O–H groups in total. The molecule has 1 amide bonds. The molecule has 0 bridgehead atoms. The summed E-state index contributed by atoms with van der Waals surface area (Å²) in [5.41, 5.74) is 0.760. The Bertz CT molecular complexity index is 544. The Balaban J connectivity index is 1.78. The average Bonchev–Trinajstić information content (AvgIpc) is 2.99. The fourth-order valence-corrected chi connectivity index (χ4v) is 2.24. The van der Waals surface area contributed by atoms with E-state index in [-0.39, 0.29) is 12.5 Å². The van der Waals surface area contributed by atoms with Gasteiger partial charge >= 0.3 is 0 Å². The van der Waals surface area contributed by atoms with Crippen LogP contribution in [-0.4, -0.2) is 47.9 Å². The molecule has 0 fully saturated rings. The molecule has 0 aliphatic carbocycles. The number of carbonyl (C=O) groups is 1. The SMILES string of the molecule is COCCNCC(=O)Nc1ccc(Sc2ncn[nH]2)cc1. The van der Waals surface area contributed by atoms with Crippen LogP contribution in [0.25, 0.3) is 0 Å². The van der Waals surface area contributed by atoms with Gasteiger partial charge in [0.05, 0.1) is 13.2 Å². The fraction of sp³-hybridized carbons (Fsp3) is 0.308. The summed E-state index contributed by atoms with van der Waals surface area (Å²) in [5.74, 6) is -0.0817. The number of nitrogens with one attached hydrogen (secondary N) is 3. The molecule has 2 aromatic rings. The molecule has 0 saturated carbocycles. The Hall–Kier alpha value is -1.90. The van der Waals surface area contributed by atoms with Crippen molar-refractivity contribution in [1.82, 2.24) is 20.5 Å². The zero-order valence-corrected chi connectivity index (χ0v) is 12.4. The number of hydrogen-bond donors (Lipinski definition) is 3. The molecule has 0 unspecified atom stereocenters. The third kappa shape index (κ3) is 5.54. The molecule has 0 radical (unpaired) electrons. The lowest BCUT2D eigenvalue weighted by Gasteiger charge is -2.07. The molecule has 0 aliphatic heterocycles. The van der Waals surface area contributed by atoms with Gasteiger partial charge < -0.3 is 15.4 Å². The first kappa shape index (κ1) is 15.5. The highest BCUT2D eigenvalue weighted by molar-refractivity contribution is 7.99. The monoisotopic (exact) mass is 307 g/mol. The summed E-state index contributed by atoms with van der Waals surface area (Å²) >= 11 is 1.47. The predicted molar refractivity (Wildman–Crippen MR) is 80.3 cm³/mol. The van der Waals surface area contributed by atoms with Crippen molar-refractivity contribution in [2.75, 3.05) is 32.1 Å². The standard InChI is InChI=1S/C13H17N5O2S/c1-20-7-6-14-8-12(19)17-10-2-4-11(5-3-10)21-13-15-9-16-18-13/h2-5,9,14H,6-8H2,1H3,(H,17,19)(H,15,16,18). The van der Waals surface area contributed by atoms with E-state index in [0.29, 0.717) is 13.2 Å². The van der Waals surface area contributed by atoms with Gasteiger partial charge in [0.1, 0.15) is 6.33 Å². The van der Waals surface area contributed by atoms with Gasteiger partial charge in [0, 0.05) is 24.2 Å². The maximum atomic E-state index is 11.7. The zero-order valence-electron chi connectivity index (χ0n) is 11.6. The van der Waals surface area contributed by atoms with Crippen molar-refractivity contribution in [3.63, 3.8) is 0 Å². The number of benzene rings is 1. The Morgan fingerprint density at radius 3 is 2.86 bits per heavy atom. The molecule has 0 saturated heterocycles. The lowest BCUT2D eigenvalue weighted by atomic mass is 10.3. The smallest absolute Gasteiger partial charge is 0.238 e. The van der Waals surface area contributed by atoms with Gasteiger partial charge in [-0.05, 0) is 24.3 Å². The number of aromatic nitrogens is 3. The number of rotatable bonds is 8. The second kappa shape index (κ2) is 8.40. The summed E-state index contributed by atoms with van der Waals surface area (Å²) in [6.45, 7) is 1.50. The average molecular weight is 307 g/mol. The fourth-order valence-electron chi connectivity index (χ4n) is 1.54. The van der Waals surface area contributed by atoms with Gasteiger partial charge in [-0.2, -0.15) is 5.10 Å². The largest absolute Gasteiger partial charge is 0.383 e. The molecule has 2 rings (SSSR count). The van der Waals surface area contributed by atoms with Crippen LogP contribution in [0.2, 0.25) is 0 Å².